The Kier molecular flexibility index (Phi) is 2.49. The summed E-state index contributed by atoms with van der Waals surface area (Å²) in [6.45, 7) is 2.09. The van der Waals surface area contributed by atoms with Crippen molar-refractivity contribution >= 4 is 10.9 Å². The van der Waals surface area contributed by atoms with Crippen molar-refractivity contribution < 1.29 is 20.4 Å². The van der Waals surface area contributed by atoms with Gasteiger partial charge >= 0.3 is 0 Å². The van der Waals surface area contributed by atoms with Gasteiger partial charge in [0.05, 0.1) is 0 Å². The van der Waals surface area contributed by atoms with Crippen molar-refractivity contribution in [2.45, 2.75) is 6.92 Å². The number of H-pyrrole nitrogens is 1. The van der Waals surface area contributed by atoms with Crippen LogP contribution in [0.5, 0.6) is 0 Å². The molecule has 0 spiro atoms. The first-order valence-electron chi connectivity index (χ1n) is 3.32. The van der Waals surface area contributed by atoms with E-state index in [1.807, 2.05) is 12.3 Å². The van der Waals surface area contributed by atoms with Gasteiger partial charge in [0.1, 0.15) is 0 Å². The molecule has 0 aliphatic carbocycles. The van der Waals surface area contributed by atoms with Gasteiger partial charge in [-0.2, -0.15) is 11.5 Å². The molecular formula is C9H8NRe-. The van der Waals surface area contributed by atoms with E-state index in [2.05, 4.69) is 30.1 Å². The molecule has 1 aromatic heterocycles. The Bertz CT molecular complexity index is 351. The molecule has 2 rings (SSSR count). The number of aromatic amines is 1. The van der Waals surface area contributed by atoms with Crippen molar-refractivity contribution in [3.63, 3.8) is 0 Å². The Balaban J connectivity index is 0.000000605. The van der Waals surface area contributed by atoms with Gasteiger partial charge in [-0.25, -0.2) is 0 Å². The smallest absolute Gasteiger partial charge is 0 e. The molecule has 2 heteroatoms. The second-order valence-electron chi connectivity index (χ2n) is 2.43. The minimum Gasteiger partial charge on any atom is -0.424 e. The van der Waals surface area contributed by atoms with Crippen LogP contribution in [0.25, 0.3) is 10.9 Å². The van der Waals surface area contributed by atoms with Crippen LogP contribution in [0.4, 0.5) is 0 Å². The molecule has 1 aromatic carbocycles. The first-order chi connectivity index (χ1) is 4.88. The number of aromatic nitrogens is 1. The summed E-state index contributed by atoms with van der Waals surface area (Å²) in [5, 5.41) is 1.20. The van der Waals surface area contributed by atoms with E-state index in [0.29, 0.717) is 0 Å². The van der Waals surface area contributed by atoms with Gasteiger partial charge in [0.25, 0.3) is 0 Å². The third kappa shape index (κ3) is 1.38. The topological polar surface area (TPSA) is 15.8 Å². The molecular weight excluding hydrogens is 308 g/mol. The summed E-state index contributed by atoms with van der Waals surface area (Å²) < 4.78 is 0. The molecule has 0 aliphatic heterocycles. The summed E-state index contributed by atoms with van der Waals surface area (Å²) in [6, 6.07) is 9.32. The number of hydrogen-bond donors (Lipinski definition) is 1. The first kappa shape index (κ1) is 8.52. The molecule has 0 fully saturated rings. The fraction of sp³-hybridized carbons (Fsp3) is 0.111. The molecule has 1 nitrogen and oxygen atoms in total. The second kappa shape index (κ2) is 3.21. The number of nitrogens with one attached hydrogen (secondary N) is 1. The monoisotopic (exact) mass is 317 g/mol. The van der Waals surface area contributed by atoms with Crippen LogP contribution in [0.2, 0.25) is 0 Å². The van der Waals surface area contributed by atoms with Crippen LogP contribution in [-0.4, -0.2) is 4.98 Å². The first-order valence-corrected chi connectivity index (χ1v) is 3.32. The number of fused-ring (bicyclic) bond motifs is 1. The molecule has 1 heterocycles. The maximum Gasteiger partial charge on any atom is 0 e. The van der Waals surface area contributed by atoms with Crippen LogP contribution in [0.15, 0.2) is 24.4 Å². The number of benzene rings is 1. The van der Waals surface area contributed by atoms with Crippen molar-refractivity contribution in [2.24, 2.45) is 0 Å². The Morgan fingerprint density at radius 3 is 2.91 bits per heavy atom. The molecule has 2 aromatic rings. The van der Waals surface area contributed by atoms with Gasteiger partial charge in [-0.1, -0.05) is 30.8 Å². The minimum absolute atomic E-state index is 0. The molecule has 11 heavy (non-hydrogen) atoms. The maximum atomic E-state index is 3.13. The largest absolute Gasteiger partial charge is 0.424 e. The summed E-state index contributed by atoms with van der Waals surface area (Å²) in [4.78, 5) is 3.10. The Labute approximate surface area is 79.5 Å². The molecule has 1 radical (unpaired) electrons. The van der Waals surface area contributed by atoms with Gasteiger partial charge in [-0.15, -0.1) is 11.6 Å². The van der Waals surface area contributed by atoms with Crippen molar-refractivity contribution in [2.75, 3.05) is 0 Å². The van der Waals surface area contributed by atoms with Crippen molar-refractivity contribution in [3.05, 3.63) is 36.0 Å². The maximum absolute atomic E-state index is 3.13. The molecule has 57 valence electrons. The van der Waals surface area contributed by atoms with Crippen LogP contribution >= 0.6 is 0 Å². The average molecular weight is 316 g/mol. The SMILES string of the molecule is Cc1cccc2[nH]c[c-]c12.[Re]. The van der Waals surface area contributed by atoms with Gasteiger partial charge in [0, 0.05) is 20.4 Å². The van der Waals surface area contributed by atoms with Crippen molar-refractivity contribution in [1.82, 2.24) is 4.98 Å². The standard InChI is InChI=1S/C9H8N.Re/c1-7-3-2-4-9-8(7)5-6-10-9;/h2-4,6,10H,1H3;/q-1;. The quantitative estimate of drug-likeness (QED) is 0.718. The fourth-order valence-electron chi connectivity index (χ4n) is 1.17. The fourth-order valence-corrected chi connectivity index (χ4v) is 1.17. The molecule has 0 saturated heterocycles. The molecule has 0 amide bonds. The molecule has 0 atom stereocenters. The van der Waals surface area contributed by atoms with Crippen LogP contribution in [0, 0.1) is 13.0 Å². The zero-order valence-electron chi connectivity index (χ0n) is 6.19. The van der Waals surface area contributed by atoms with E-state index in [9.17, 15) is 0 Å². The van der Waals surface area contributed by atoms with Gasteiger partial charge in [0.15, 0.2) is 0 Å². The normalized spacial score (nSPS) is 9.55. The zero-order valence-corrected chi connectivity index (χ0v) is 8.90. The van der Waals surface area contributed by atoms with Crippen LogP contribution in [-0.2, 0) is 20.4 Å². The predicted octanol–water partition coefficient (Wildman–Crippen LogP) is 2.27. The Hall–Kier alpha value is -0.578. The van der Waals surface area contributed by atoms with Crippen LogP contribution in [0.1, 0.15) is 5.56 Å². The van der Waals surface area contributed by atoms with Crippen molar-refractivity contribution in [1.29, 1.82) is 0 Å². The van der Waals surface area contributed by atoms with Gasteiger partial charge in [0.2, 0.25) is 0 Å². The van der Waals surface area contributed by atoms with Crippen LogP contribution in [0.3, 0.4) is 0 Å². The van der Waals surface area contributed by atoms with Gasteiger partial charge in [-0.05, 0) is 0 Å². The van der Waals surface area contributed by atoms with E-state index in [0.717, 1.165) is 0 Å². The molecule has 1 N–H and O–H groups in total. The number of aryl methyl sites for hydroxylation is 1. The number of hydrogen-bond acceptors (Lipinski definition) is 0. The summed E-state index contributed by atoms with van der Waals surface area (Å²) in [5.41, 5.74) is 2.44. The number of rotatable bonds is 0. The van der Waals surface area contributed by atoms with E-state index < -0.39 is 0 Å². The summed E-state index contributed by atoms with van der Waals surface area (Å²) >= 11 is 0. The van der Waals surface area contributed by atoms with E-state index in [-0.39, 0.29) is 20.4 Å². The van der Waals surface area contributed by atoms with Gasteiger partial charge in [-0.3, -0.25) is 0 Å². The second-order valence-corrected chi connectivity index (χ2v) is 2.43. The average Bonchev–Trinajstić information content (AvgIpc) is 2.36. The summed E-state index contributed by atoms with van der Waals surface area (Å²) in [5.74, 6) is 0. The molecule has 0 saturated carbocycles. The van der Waals surface area contributed by atoms with E-state index in [1.54, 1.807) is 0 Å². The zero-order chi connectivity index (χ0) is 6.97. The molecule has 0 aliphatic rings. The van der Waals surface area contributed by atoms with Crippen molar-refractivity contribution in [3.8, 4) is 0 Å². The third-order valence-corrected chi connectivity index (χ3v) is 1.72. The summed E-state index contributed by atoms with van der Waals surface area (Å²) in [7, 11) is 0. The van der Waals surface area contributed by atoms with E-state index in [4.69, 9.17) is 0 Å². The predicted molar refractivity (Wildman–Crippen MR) is 41.9 cm³/mol. The Morgan fingerprint density at radius 2 is 2.18 bits per heavy atom. The van der Waals surface area contributed by atoms with Crippen LogP contribution < -0.4 is 0 Å². The van der Waals surface area contributed by atoms with E-state index in [1.165, 1.54) is 16.5 Å². The van der Waals surface area contributed by atoms with Gasteiger partial charge < -0.3 is 4.98 Å². The molecule has 0 unspecified atom stereocenters. The third-order valence-electron chi connectivity index (χ3n) is 1.72. The van der Waals surface area contributed by atoms with E-state index >= 15 is 0 Å². The summed E-state index contributed by atoms with van der Waals surface area (Å²) in [6.07, 6.45) is 1.84. The Morgan fingerprint density at radius 1 is 1.36 bits per heavy atom. The minimum atomic E-state index is 0. The molecule has 0 bridgehead atoms.